The molecule has 0 amide bonds. The standard InChI is InChI=1S/C8H6ClN3O4S3/c9-8-5(12(13)14)3-7(18-8)19(15,16)11-4-6-10-1-2-17-6/h1-3,11H,4H2. The molecule has 2 aromatic heterocycles. The van der Waals surface area contributed by atoms with Crippen molar-refractivity contribution >= 4 is 50.0 Å². The topological polar surface area (TPSA) is 102 Å². The Morgan fingerprint density at radius 3 is 2.79 bits per heavy atom. The first-order valence-electron chi connectivity index (χ1n) is 4.72. The molecular formula is C8H6ClN3O4S3. The first kappa shape index (κ1) is 14.3. The predicted molar refractivity (Wildman–Crippen MR) is 72.1 cm³/mol. The number of halogens is 1. The molecule has 2 heterocycles. The monoisotopic (exact) mass is 339 g/mol. The fraction of sp³-hybridized carbons (Fsp3) is 0.125. The summed E-state index contributed by atoms with van der Waals surface area (Å²) >= 11 is 7.57. The second-order valence-corrected chi connectivity index (χ2v) is 7.86. The Hall–Kier alpha value is -1.07. The van der Waals surface area contributed by atoms with E-state index in [4.69, 9.17) is 11.6 Å². The van der Waals surface area contributed by atoms with Gasteiger partial charge >= 0.3 is 0 Å². The third-order valence-corrected chi connectivity index (χ3v) is 6.00. The van der Waals surface area contributed by atoms with Crippen LogP contribution in [0.4, 0.5) is 5.69 Å². The van der Waals surface area contributed by atoms with E-state index in [0.717, 1.165) is 6.07 Å². The van der Waals surface area contributed by atoms with Gasteiger partial charge in [-0.25, -0.2) is 18.1 Å². The lowest BCUT2D eigenvalue weighted by Crippen LogP contribution is -2.22. The largest absolute Gasteiger partial charge is 0.300 e. The highest BCUT2D eigenvalue weighted by Gasteiger charge is 2.25. The molecule has 11 heteroatoms. The SMILES string of the molecule is O=[N+]([O-])c1cc(S(=O)(=O)NCc2nccs2)sc1Cl. The van der Waals surface area contributed by atoms with Gasteiger partial charge in [0, 0.05) is 17.6 Å². The van der Waals surface area contributed by atoms with E-state index in [1.54, 1.807) is 11.6 Å². The summed E-state index contributed by atoms with van der Waals surface area (Å²) < 4.78 is 25.8. The number of thiophene rings is 1. The maximum absolute atomic E-state index is 11.9. The highest BCUT2D eigenvalue weighted by molar-refractivity contribution is 7.91. The van der Waals surface area contributed by atoms with Crippen molar-refractivity contribution in [3.05, 3.63) is 37.1 Å². The number of hydrogen-bond acceptors (Lipinski definition) is 7. The Labute approximate surface area is 121 Å². The van der Waals surface area contributed by atoms with Crippen LogP contribution in [0.15, 0.2) is 21.9 Å². The lowest BCUT2D eigenvalue weighted by molar-refractivity contribution is -0.384. The van der Waals surface area contributed by atoms with Crippen LogP contribution in [0.3, 0.4) is 0 Å². The second kappa shape index (κ2) is 5.51. The molecule has 0 saturated heterocycles. The van der Waals surface area contributed by atoms with Crippen LogP contribution in [0, 0.1) is 10.1 Å². The number of nitro groups is 1. The Bertz CT molecular complexity index is 695. The Kier molecular flexibility index (Phi) is 4.16. The van der Waals surface area contributed by atoms with Crippen LogP contribution >= 0.6 is 34.3 Å². The fourth-order valence-corrected chi connectivity index (χ4v) is 4.51. The van der Waals surface area contributed by atoms with E-state index in [0.29, 0.717) is 16.3 Å². The van der Waals surface area contributed by atoms with E-state index in [2.05, 4.69) is 9.71 Å². The van der Waals surface area contributed by atoms with Crippen LogP contribution in [0.1, 0.15) is 5.01 Å². The van der Waals surface area contributed by atoms with Gasteiger partial charge in [-0.05, 0) is 0 Å². The zero-order valence-electron chi connectivity index (χ0n) is 9.07. The first-order chi connectivity index (χ1) is 8.90. The molecule has 0 aliphatic carbocycles. The summed E-state index contributed by atoms with van der Waals surface area (Å²) in [5.74, 6) is 0. The summed E-state index contributed by atoms with van der Waals surface area (Å²) in [5.41, 5.74) is -0.415. The first-order valence-corrected chi connectivity index (χ1v) is 8.27. The van der Waals surface area contributed by atoms with Gasteiger partial charge in [0.15, 0.2) is 4.34 Å². The number of sulfonamides is 1. The van der Waals surface area contributed by atoms with Crippen molar-refractivity contribution in [2.75, 3.05) is 0 Å². The molecule has 102 valence electrons. The van der Waals surface area contributed by atoms with Crippen LogP contribution < -0.4 is 4.72 Å². The average molecular weight is 340 g/mol. The van der Waals surface area contributed by atoms with Gasteiger partial charge < -0.3 is 0 Å². The molecule has 19 heavy (non-hydrogen) atoms. The van der Waals surface area contributed by atoms with Crippen LogP contribution in [-0.2, 0) is 16.6 Å². The number of hydrogen-bond donors (Lipinski definition) is 1. The molecule has 0 unspecified atom stereocenters. The smallest absolute Gasteiger partial charge is 0.258 e. The van der Waals surface area contributed by atoms with Gasteiger partial charge in [0.25, 0.3) is 15.7 Å². The maximum atomic E-state index is 11.9. The van der Waals surface area contributed by atoms with E-state index in [9.17, 15) is 18.5 Å². The molecule has 0 bridgehead atoms. The summed E-state index contributed by atoms with van der Waals surface area (Å²) in [4.78, 5) is 13.8. The highest BCUT2D eigenvalue weighted by atomic mass is 35.5. The molecule has 0 aliphatic heterocycles. The van der Waals surface area contributed by atoms with Crippen molar-refractivity contribution < 1.29 is 13.3 Å². The lowest BCUT2D eigenvalue weighted by Gasteiger charge is -2.01. The van der Waals surface area contributed by atoms with E-state index < -0.39 is 20.6 Å². The van der Waals surface area contributed by atoms with Crippen molar-refractivity contribution in [1.29, 1.82) is 0 Å². The van der Waals surface area contributed by atoms with Crippen molar-refractivity contribution in [3.63, 3.8) is 0 Å². The molecule has 2 aromatic rings. The zero-order chi connectivity index (χ0) is 14.0. The average Bonchev–Trinajstić information content (AvgIpc) is 2.95. The molecule has 0 radical (unpaired) electrons. The summed E-state index contributed by atoms with van der Waals surface area (Å²) in [6.45, 7) is 0.0311. The maximum Gasteiger partial charge on any atom is 0.300 e. The van der Waals surface area contributed by atoms with Crippen LogP contribution in [0.5, 0.6) is 0 Å². The van der Waals surface area contributed by atoms with Gasteiger partial charge in [-0.15, -0.1) is 22.7 Å². The van der Waals surface area contributed by atoms with E-state index in [-0.39, 0.29) is 15.1 Å². The van der Waals surface area contributed by atoms with Gasteiger partial charge in [0.1, 0.15) is 9.22 Å². The predicted octanol–water partition coefficient (Wildman–Crippen LogP) is 2.24. The molecule has 0 spiro atoms. The van der Waals surface area contributed by atoms with Crippen molar-refractivity contribution in [1.82, 2.24) is 9.71 Å². The molecule has 2 rings (SSSR count). The molecule has 1 N–H and O–H groups in total. The normalized spacial score (nSPS) is 11.6. The molecule has 7 nitrogen and oxygen atoms in total. The number of aromatic nitrogens is 1. The van der Waals surface area contributed by atoms with Crippen molar-refractivity contribution in [2.24, 2.45) is 0 Å². The molecular weight excluding hydrogens is 334 g/mol. The van der Waals surface area contributed by atoms with Gasteiger partial charge in [0.05, 0.1) is 11.5 Å². The van der Waals surface area contributed by atoms with Crippen molar-refractivity contribution in [2.45, 2.75) is 10.8 Å². The Balaban J connectivity index is 2.20. The second-order valence-electron chi connectivity index (χ2n) is 3.23. The molecule has 0 fully saturated rings. The van der Waals surface area contributed by atoms with Gasteiger partial charge in [0.2, 0.25) is 0 Å². The van der Waals surface area contributed by atoms with Gasteiger partial charge in [-0.3, -0.25) is 10.1 Å². The highest BCUT2D eigenvalue weighted by Crippen LogP contribution is 2.36. The molecule has 0 aromatic carbocycles. The summed E-state index contributed by atoms with van der Waals surface area (Å²) in [6, 6.07) is 0.942. The number of nitrogens with zero attached hydrogens (tertiary/aromatic N) is 2. The fourth-order valence-electron chi connectivity index (χ4n) is 1.16. The quantitative estimate of drug-likeness (QED) is 0.664. The zero-order valence-corrected chi connectivity index (χ0v) is 12.3. The van der Waals surface area contributed by atoms with Gasteiger partial charge in [-0.2, -0.15) is 0 Å². The summed E-state index contributed by atoms with van der Waals surface area (Å²) in [7, 11) is -3.83. The number of thiazole rings is 1. The minimum absolute atomic E-state index is 0.0311. The minimum atomic E-state index is -3.83. The number of rotatable bonds is 5. The summed E-state index contributed by atoms with van der Waals surface area (Å²) in [5, 5.41) is 12.9. The third kappa shape index (κ3) is 3.28. The van der Waals surface area contributed by atoms with Crippen molar-refractivity contribution in [3.8, 4) is 0 Å². The van der Waals surface area contributed by atoms with Crippen LogP contribution in [0.25, 0.3) is 0 Å². The number of nitrogens with one attached hydrogen (secondary N) is 1. The van der Waals surface area contributed by atoms with Crippen LogP contribution in [-0.4, -0.2) is 18.3 Å². The lowest BCUT2D eigenvalue weighted by atomic mass is 10.6. The Morgan fingerprint density at radius 2 is 2.26 bits per heavy atom. The third-order valence-electron chi connectivity index (χ3n) is 2.00. The van der Waals surface area contributed by atoms with E-state index in [1.807, 2.05) is 0 Å². The molecule has 0 saturated carbocycles. The van der Waals surface area contributed by atoms with Crippen LogP contribution in [0.2, 0.25) is 4.34 Å². The van der Waals surface area contributed by atoms with Gasteiger partial charge in [-0.1, -0.05) is 11.6 Å². The van der Waals surface area contributed by atoms with E-state index >= 15 is 0 Å². The Morgan fingerprint density at radius 1 is 1.53 bits per heavy atom. The minimum Gasteiger partial charge on any atom is -0.258 e. The van der Waals surface area contributed by atoms with E-state index in [1.165, 1.54) is 11.3 Å². The summed E-state index contributed by atoms with van der Waals surface area (Å²) in [6.07, 6.45) is 1.56. The molecule has 0 atom stereocenters. The molecule has 0 aliphatic rings.